The van der Waals surface area contributed by atoms with Crippen molar-refractivity contribution in [1.29, 1.82) is 0 Å². The summed E-state index contributed by atoms with van der Waals surface area (Å²) in [5.41, 5.74) is 0. The minimum Gasteiger partial charge on any atom is -0.462 e. The fraction of sp³-hybridized carbons (Fsp3) is 0.951. The highest BCUT2D eigenvalue weighted by Gasteiger charge is 2.30. The Balaban J connectivity index is 5.18. The van der Waals surface area contributed by atoms with E-state index in [1.165, 1.54) is 231 Å². The van der Waals surface area contributed by atoms with Crippen molar-refractivity contribution < 1.29 is 80.2 Å². The highest BCUT2D eigenvalue weighted by Crippen LogP contribution is 2.45. The van der Waals surface area contributed by atoms with Crippen LogP contribution in [0.1, 0.15) is 427 Å². The molecule has 0 rings (SSSR count). The third kappa shape index (κ3) is 74.3. The monoisotopic (exact) mass is 1470 g/mol. The van der Waals surface area contributed by atoms with Crippen LogP contribution >= 0.6 is 15.6 Å². The van der Waals surface area contributed by atoms with Crippen molar-refractivity contribution in [2.75, 3.05) is 39.6 Å². The Hall–Kier alpha value is -1.94. The first-order valence-electron chi connectivity index (χ1n) is 42.0. The van der Waals surface area contributed by atoms with Crippen LogP contribution in [0.5, 0.6) is 0 Å². The maximum absolute atomic E-state index is 13.1. The topological polar surface area (TPSA) is 237 Å². The summed E-state index contributed by atoms with van der Waals surface area (Å²) in [6.45, 7) is 9.64. The number of phosphoric acid groups is 2. The van der Waals surface area contributed by atoms with E-state index in [9.17, 15) is 43.2 Å². The van der Waals surface area contributed by atoms with E-state index >= 15 is 0 Å². The number of hydrogen-bond donors (Lipinski definition) is 3. The van der Waals surface area contributed by atoms with Gasteiger partial charge in [-0.15, -0.1) is 0 Å². The number of ether oxygens (including phenoxy) is 4. The number of phosphoric ester groups is 2. The van der Waals surface area contributed by atoms with Crippen molar-refractivity contribution in [2.45, 2.75) is 445 Å². The van der Waals surface area contributed by atoms with Crippen molar-refractivity contribution in [1.82, 2.24) is 0 Å². The molecule has 5 atom stereocenters. The molecule has 0 aromatic rings. The van der Waals surface area contributed by atoms with Gasteiger partial charge in [0.05, 0.1) is 26.4 Å². The van der Waals surface area contributed by atoms with Gasteiger partial charge in [0.2, 0.25) is 0 Å². The van der Waals surface area contributed by atoms with E-state index in [0.29, 0.717) is 25.7 Å². The summed E-state index contributed by atoms with van der Waals surface area (Å²) in [5, 5.41) is 10.6. The van der Waals surface area contributed by atoms with Gasteiger partial charge in [0.1, 0.15) is 19.3 Å². The third-order valence-corrected chi connectivity index (χ3v) is 20.9. The minimum absolute atomic E-state index is 0.107. The molecule has 0 bridgehead atoms. The summed E-state index contributed by atoms with van der Waals surface area (Å²) in [4.78, 5) is 72.9. The van der Waals surface area contributed by atoms with Gasteiger partial charge in [-0.05, 0) is 37.5 Å². The lowest BCUT2D eigenvalue weighted by Gasteiger charge is -2.21. The first kappa shape index (κ1) is 98.1. The first-order chi connectivity index (χ1) is 48.4. The molecule has 0 saturated heterocycles. The third-order valence-electron chi connectivity index (χ3n) is 19.0. The Kier molecular flexibility index (Phi) is 71.2. The number of rotatable bonds is 80. The quantitative estimate of drug-likeness (QED) is 0.0222. The van der Waals surface area contributed by atoms with Crippen LogP contribution < -0.4 is 0 Å². The molecule has 0 saturated carbocycles. The highest BCUT2D eigenvalue weighted by atomic mass is 31.2. The maximum atomic E-state index is 13.1. The van der Waals surface area contributed by atoms with Crippen LogP contribution in [0.3, 0.4) is 0 Å². The van der Waals surface area contributed by atoms with E-state index in [4.69, 9.17) is 37.0 Å². The largest absolute Gasteiger partial charge is 0.472 e. The number of hydrogen-bond acceptors (Lipinski definition) is 15. The van der Waals surface area contributed by atoms with E-state index in [-0.39, 0.29) is 25.7 Å². The zero-order chi connectivity index (χ0) is 73.5. The number of aliphatic hydroxyl groups excluding tert-OH is 1. The lowest BCUT2D eigenvalue weighted by Crippen LogP contribution is -2.30. The summed E-state index contributed by atoms with van der Waals surface area (Å²) >= 11 is 0. The van der Waals surface area contributed by atoms with Crippen LogP contribution in [-0.4, -0.2) is 96.7 Å². The Labute approximate surface area is 613 Å². The van der Waals surface area contributed by atoms with Gasteiger partial charge in [-0.25, -0.2) is 9.13 Å². The highest BCUT2D eigenvalue weighted by molar-refractivity contribution is 7.47. The second-order valence-electron chi connectivity index (χ2n) is 30.1. The van der Waals surface area contributed by atoms with Gasteiger partial charge in [0.15, 0.2) is 12.2 Å². The van der Waals surface area contributed by atoms with Crippen molar-refractivity contribution >= 4 is 39.5 Å². The van der Waals surface area contributed by atoms with Crippen LogP contribution in [0.15, 0.2) is 0 Å². The lowest BCUT2D eigenvalue weighted by molar-refractivity contribution is -0.161. The Bertz CT molecular complexity index is 1920. The number of esters is 4. The first-order valence-corrected chi connectivity index (χ1v) is 45.0. The molecule has 0 spiro atoms. The van der Waals surface area contributed by atoms with E-state index in [0.717, 1.165) is 115 Å². The van der Waals surface area contributed by atoms with Crippen LogP contribution in [0.2, 0.25) is 0 Å². The van der Waals surface area contributed by atoms with Crippen molar-refractivity contribution in [3.8, 4) is 0 Å². The standard InChI is InChI=1S/C81H158O17P2/c1-7-9-11-13-15-16-17-18-19-20-21-22-25-31-36-41-47-53-59-65-81(86)98-77(70-92-79(84)64-58-52-46-40-35-30-26-23-24-28-33-38-44-49-55-61-73(3)4)72-96-100(89,90)94-68-75(82)67-93-99(87,88)95-71-76(69-91-78(83)63-57-51-43-14-12-10-8-2)97-80(85)66-60-54-48-42-37-32-27-29-34-39-45-50-56-62-74(5)6/h73-77,82H,7-72H2,1-6H3,(H,87,88)(H,89,90)/t75-,76+,77+/m0/s1. The van der Waals surface area contributed by atoms with Gasteiger partial charge < -0.3 is 33.8 Å². The smallest absolute Gasteiger partial charge is 0.462 e. The molecule has 0 heterocycles. The molecule has 3 N–H and O–H groups in total. The normalized spacial score (nSPS) is 13.9. The van der Waals surface area contributed by atoms with E-state index in [1.807, 2.05) is 0 Å². The predicted octanol–water partition coefficient (Wildman–Crippen LogP) is 24.3. The molecule has 2 unspecified atom stereocenters. The average Bonchev–Trinajstić information content (AvgIpc) is 1.60. The minimum atomic E-state index is -4.96. The Morgan fingerprint density at radius 3 is 0.680 bits per heavy atom. The lowest BCUT2D eigenvalue weighted by atomic mass is 10.0. The summed E-state index contributed by atoms with van der Waals surface area (Å²) in [5.74, 6) is -0.519. The summed E-state index contributed by atoms with van der Waals surface area (Å²) in [7, 11) is -9.91. The molecule has 0 aliphatic carbocycles. The van der Waals surface area contributed by atoms with E-state index in [2.05, 4.69) is 41.5 Å². The second kappa shape index (κ2) is 72.6. The molecule has 0 aliphatic rings. The molecular weight excluding hydrogens is 1310 g/mol. The SMILES string of the molecule is CCCCCCCCCCCCCCCCCCCCCC(=O)O[C@H](COC(=O)CCCCCCCCCCCCCCCCCC(C)C)COP(=O)(O)OC[C@@H](O)COP(=O)(O)OC[C@@H](COC(=O)CCCCCCCCC)OC(=O)CCCCCCCCCCCCCCCC(C)C. The summed E-state index contributed by atoms with van der Waals surface area (Å²) < 4.78 is 68.6. The number of carbonyl (C=O) groups is 4. The fourth-order valence-electron chi connectivity index (χ4n) is 12.5. The van der Waals surface area contributed by atoms with Crippen molar-refractivity contribution in [3.63, 3.8) is 0 Å². The fourth-order valence-corrected chi connectivity index (χ4v) is 14.1. The Morgan fingerprint density at radius 1 is 0.270 bits per heavy atom. The molecule has 0 aliphatic heterocycles. The van der Waals surface area contributed by atoms with Crippen LogP contribution in [0, 0.1) is 11.8 Å². The second-order valence-corrected chi connectivity index (χ2v) is 33.0. The molecule has 0 fully saturated rings. The predicted molar refractivity (Wildman–Crippen MR) is 409 cm³/mol. The molecule has 0 aromatic carbocycles. The average molecular weight is 1470 g/mol. The van der Waals surface area contributed by atoms with Crippen LogP contribution in [0.25, 0.3) is 0 Å². The molecule has 0 radical (unpaired) electrons. The van der Waals surface area contributed by atoms with Gasteiger partial charge in [-0.3, -0.25) is 37.3 Å². The molecule has 0 aromatic heterocycles. The number of unbranched alkanes of at least 4 members (excludes halogenated alkanes) is 50. The van der Waals surface area contributed by atoms with Gasteiger partial charge in [-0.2, -0.15) is 0 Å². The molecule has 19 heteroatoms. The van der Waals surface area contributed by atoms with Crippen LogP contribution in [-0.2, 0) is 65.4 Å². The van der Waals surface area contributed by atoms with Crippen molar-refractivity contribution in [2.24, 2.45) is 11.8 Å². The van der Waals surface area contributed by atoms with Gasteiger partial charge >= 0.3 is 39.5 Å². The molecular formula is C81H158O17P2. The molecule has 594 valence electrons. The summed E-state index contributed by atoms with van der Waals surface area (Å²) in [6, 6.07) is 0. The zero-order valence-electron chi connectivity index (χ0n) is 65.5. The zero-order valence-corrected chi connectivity index (χ0v) is 67.3. The van der Waals surface area contributed by atoms with E-state index < -0.39 is 97.5 Å². The van der Waals surface area contributed by atoms with Gasteiger partial charge in [0.25, 0.3) is 0 Å². The summed E-state index contributed by atoms with van der Waals surface area (Å²) in [6.07, 6.45) is 62.6. The van der Waals surface area contributed by atoms with Crippen molar-refractivity contribution in [3.05, 3.63) is 0 Å². The van der Waals surface area contributed by atoms with Crippen LogP contribution in [0.4, 0.5) is 0 Å². The number of carbonyl (C=O) groups excluding carboxylic acids is 4. The van der Waals surface area contributed by atoms with E-state index in [1.54, 1.807) is 0 Å². The molecule has 17 nitrogen and oxygen atoms in total. The number of aliphatic hydroxyl groups is 1. The maximum Gasteiger partial charge on any atom is 0.472 e. The molecule has 100 heavy (non-hydrogen) atoms. The van der Waals surface area contributed by atoms with Gasteiger partial charge in [0, 0.05) is 25.7 Å². The molecule has 0 amide bonds. The van der Waals surface area contributed by atoms with Gasteiger partial charge in [-0.1, -0.05) is 375 Å². The Morgan fingerprint density at radius 2 is 0.460 bits per heavy atom.